The Morgan fingerprint density at radius 2 is 1.95 bits per heavy atom. The Morgan fingerprint density at radius 3 is 2.48 bits per heavy atom. The monoisotopic (exact) mass is 326 g/mol. The number of rotatable bonds is 7. The van der Waals surface area contributed by atoms with Crippen LogP contribution in [0.4, 0.5) is 0 Å². The van der Waals surface area contributed by atoms with Crippen molar-refractivity contribution in [3.8, 4) is 0 Å². The van der Waals surface area contributed by atoms with Crippen molar-refractivity contribution in [3.05, 3.63) is 34.9 Å². The van der Waals surface area contributed by atoms with E-state index in [1.807, 2.05) is 6.92 Å². The van der Waals surface area contributed by atoms with E-state index < -0.39 is 0 Å². The van der Waals surface area contributed by atoms with E-state index in [-0.39, 0.29) is 22.4 Å². The topological polar surface area (TPSA) is 43.4 Å². The van der Waals surface area contributed by atoms with Gasteiger partial charge in [0.2, 0.25) is 0 Å². The fraction of sp³-hybridized carbons (Fsp3) is 0.500. The molecule has 0 saturated heterocycles. The molecule has 21 heavy (non-hydrogen) atoms. The van der Waals surface area contributed by atoms with Gasteiger partial charge in [0.1, 0.15) is 0 Å². The molecule has 1 aromatic carbocycles. The lowest BCUT2D eigenvalue weighted by Gasteiger charge is -2.16. The maximum Gasteiger partial charge on any atom is 0.306 e. The minimum Gasteiger partial charge on any atom is -0.469 e. The van der Waals surface area contributed by atoms with Gasteiger partial charge in [-0.25, -0.2) is 0 Å². The van der Waals surface area contributed by atoms with Crippen molar-refractivity contribution in [1.29, 1.82) is 0 Å². The van der Waals surface area contributed by atoms with Crippen molar-refractivity contribution in [3.63, 3.8) is 0 Å². The van der Waals surface area contributed by atoms with Gasteiger partial charge in [-0.1, -0.05) is 11.6 Å². The highest BCUT2D eigenvalue weighted by molar-refractivity contribution is 8.00. The SMILES string of the molecule is COC(=O)CC1(CSC(C)C(=O)c2ccc(Cl)cc2)CC1. The van der Waals surface area contributed by atoms with Gasteiger partial charge in [-0.15, -0.1) is 11.8 Å². The maximum absolute atomic E-state index is 12.3. The predicted octanol–water partition coefficient (Wildman–Crippen LogP) is 3.99. The van der Waals surface area contributed by atoms with Gasteiger partial charge in [-0.3, -0.25) is 9.59 Å². The molecule has 1 aliphatic rings. The third kappa shape index (κ3) is 4.48. The number of carbonyl (C=O) groups excluding carboxylic acids is 2. The maximum atomic E-state index is 12.3. The summed E-state index contributed by atoms with van der Waals surface area (Å²) in [5.74, 6) is 0.762. The van der Waals surface area contributed by atoms with Crippen LogP contribution in [0.5, 0.6) is 0 Å². The molecule has 1 unspecified atom stereocenters. The van der Waals surface area contributed by atoms with Crippen LogP contribution >= 0.6 is 23.4 Å². The second-order valence-electron chi connectivity index (χ2n) is 5.58. The Labute approximate surface area is 134 Å². The number of Topliss-reactive ketones (excluding diaryl/α,β-unsaturated/α-hetero) is 1. The summed E-state index contributed by atoms with van der Waals surface area (Å²) in [6, 6.07) is 6.96. The molecule has 1 aliphatic carbocycles. The zero-order chi connectivity index (χ0) is 15.5. The number of hydrogen-bond acceptors (Lipinski definition) is 4. The minimum atomic E-state index is -0.162. The molecule has 3 nitrogen and oxygen atoms in total. The van der Waals surface area contributed by atoms with E-state index in [0.717, 1.165) is 18.6 Å². The molecule has 0 aromatic heterocycles. The van der Waals surface area contributed by atoms with Crippen LogP contribution < -0.4 is 0 Å². The van der Waals surface area contributed by atoms with E-state index in [1.54, 1.807) is 36.0 Å². The third-order valence-corrected chi connectivity index (χ3v) is 5.59. The van der Waals surface area contributed by atoms with Crippen LogP contribution in [0.3, 0.4) is 0 Å². The Morgan fingerprint density at radius 1 is 1.33 bits per heavy atom. The molecule has 0 spiro atoms. The van der Waals surface area contributed by atoms with Crippen LogP contribution in [0.2, 0.25) is 5.02 Å². The molecule has 0 heterocycles. The number of methoxy groups -OCH3 is 1. The summed E-state index contributed by atoms with van der Waals surface area (Å²) in [5.41, 5.74) is 0.726. The number of hydrogen-bond donors (Lipinski definition) is 0. The Balaban J connectivity index is 1.87. The lowest BCUT2D eigenvalue weighted by molar-refractivity contribution is -0.141. The van der Waals surface area contributed by atoms with Gasteiger partial charge in [0.25, 0.3) is 0 Å². The van der Waals surface area contributed by atoms with Crippen LogP contribution in [-0.4, -0.2) is 29.9 Å². The quantitative estimate of drug-likeness (QED) is 0.561. The fourth-order valence-corrected chi connectivity index (χ4v) is 3.56. The highest BCUT2D eigenvalue weighted by atomic mass is 35.5. The lowest BCUT2D eigenvalue weighted by Crippen LogP contribution is -2.18. The van der Waals surface area contributed by atoms with E-state index in [9.17, 15) is 9.59 Å². The summed E-state index contributed by atoms with van der Waals surface area (Å²) in [6.07, 6.45) is 2.53. The van der Waals surface area contributed by atoms with Gasteiger partial charge in [0.15, 0.2) is 5.78 Å². The van der Waals surface area contributed by atoms with Crippen LogP contribution in [0.15, 0.2) is 24.3 Å². The van der Waals surface area contributed by atoms with Crippen molar-refractivity contribution in [2.45, 2.75) is 31.4 Å². The van der Waals surface area contributed by atoms with Gasteiger partial charge >= 0.3 is 5.97 Å². The van der Waals surface area contributed by atoms with Gasteiger partial charge in [-0.05, 0) is 49.4 Å². The molecule has 1 atom stereocenters. The molecule has 0 aliphatic heterocycles. The molecule has 1 aromatic rings. The summed E-state index contributed by atoms with van der Waals surface area (Å²) in [7, 11) is 1.41. The van der Waals surface area contributed by atoms with E-state index in [0.29, 0.717) is 17.0 Å². The zero-order valence-corrected chi connectivity index (χ0v) is 13.8. The molecule has 114 valence electrons. The van der Waals surface area contributed by atoms with E-state index >= 15 is 0 Å². The Bertz CT molecular complexity index is 523. The predicted molar refractivity (Wildman–Crippen MR) is 86.0 cm³/mol. The summed E-state index contributed by atoms with van der Waals surface area (Å²) >= 11 is 7.44. The molecule has 5 heteroatoms. The Kier molecular flexibility index (Phi) is 5.33. The summed E-state index contributed by atoms with van der Waals surface area (Å²) in [5, 5.41) is 0.503. The van der Waals surface area contributed by atoms with Crippen molar-refractivity contribution in [1.82, 2.24) is 0 Å². The normalized spacial score (nSPS) is 17.1. The summed E-state index contributed by atoms with van der Waals surface area (Å²) < 4.78 is 4.73. The first-order chi connectivity index (χ1) is 9.96. The molecule has 0 bridgehead atoms. The Hall–Kier alpha value is -1.00. The fourth-order valence-electron chi connectivity index (χ4n) is 2.15. The summed E-state index contributed by atoms with van der Waals surface area (Å²) in [6.45, 7) is 1.91. The number of benzene rings is 1. The van der Waals surface area contributed by atoms with Gasteiger partial charge in [-0.2, -0.15) is 0 Å². The standard InChI is InChI=1S/C16H19ClO3S/c1-11(15(19)12-3-5-13(17)6-4-12)21-10-16(7-8-16)9-14(18)20-2/h3-6,11H,7-10H2,1-2H3. The van der Waals surface area contributed by atoms with Crippen molar-refractivity contribution >= 4 is 35.1 Å². The number of halogens is 1. The van der Waals surface area contributed by atoms with Crippen LogP contribution in [0.25, 0.3) is 0 Å². The molecular formula is C16H19ClO3S. The van der Waals surface area contributed by atoms with Gasteiger partial charge < -0.3 is 4.74 Å². The molecular weight excluding hydrogens is 308 g/mol. The van der Waals surface area contributed by atoms with Gasteiger partial charge in [0.05, 0.1) is 18.8 Å². The van der Waals surface area contributed by atoms with Crippen molar-refractivity contribution in [2.75, 3.05) is 12.9 Å². The molecule has 0 N–H and O–H groups in total. The first kappa shape index (κ1) is 16.4. The van der Waals surface area contributed by atoms with Crippen molar-refractivity contribution in [2.24, 2.45) is 5.41 Å². The number of esters is 1. The average molecular weight is 327 g/mol. The van der Waals surface area contributed by atoms with E-state index in [2.05, 4.69) is 0 Å². The highest BCUT2D eigenvalue weighted by Gasteiger charge is 2.45. The van der Waals surface area contributed by atoms with E-state index in [4.69, 9.17) is 16.3 Å². The van der Waals surface area contributed by atoms with Crippen LogP contribution in [0, 0.1) is 5.41 Å². The van der Waals surface area contributed by atoms with E-state index in [1.165, 1.54) is 7.11 Å². The van der Waals surface area contributed by atoms with Crippen molar-refractivity contribution < 1.29 is 14.3 Å². The largest absolute Gasteiger partial charge is 0.469 e. The first-order valence-corrected chi connectivity index (χ1v) is 8.37. The molecule has 0 amide bonds. The third-order valence-electron chi connectivity index (χ3n) is 3.84. The number of thioether (sulfide) groups is 1. The minimum absolute atomic E-state index is 0.0479. The summed E-state index contributed by atoms with van der Waals surface area (Å²) in [4.78, 5) is 23.7. The second-order valence-corrected chi connectivity index (χ2v) is 7.34. The van der Waals surface area contributed by atoms with Gasteiger partial charge in [0, 0.05) is 16.3 Å². The highest BCUT2D eigenvalue weighted by Crippen LogP contribution is 2.51. The number of ketones is 1. The molecule has 1 saturated carbocycles. The van der Waals surface area contributed by atoms with Crippen LogP contribution in [-0.2, 0) is 9.53 Å². The smallest absolute Gasteiger partial charge is 0.306 e. The molecule has 1 fully saturated rings. The average Bonchev–Trinajstić information content (AvgIpc) is 3.24. The molecule has 2 rings (SSSR count). The second kappa shape index (κ2) is 6.84. The number of ether oxygens (including phenoxy) is 1. The lowest BCUT2D eigenvalue weighted by atomic mass is 10.1. The molecule has 0 radical (unpaired) electrons. The van der Waals surface area contributed by atoms with Crippen LogP contribution in [0.1, 0.15) is 36.5 Å². The first-order valence-electron chi connectivity index (χ1n) is 6.94. The zero-order valence-electron chi connectivity index (χ0n) is 12.2. The number of carbonyl (C=O) groups is 2.